The summed E-state index contributed by atoms with van der Waals surface area (Å²) in [6.45, 7) is 2.07. The average Bonchev–Trinajstić information content (AvgIpc) is 3.12. The Morgan fingerprint density at radius 3 is 2.54 bits per heavy atom. The molecule has 0 saturated carbocycles. The van der Waals surface area contributed by atoms with Crippen LogP contribution in [0.1, 0.15) is 11.1 Å². The minimum Gasteiger partial charge on any atom is -0.325 e. The molecule has 2 aromatic carbocycles. The summed E-state index contributed by atoms with van der Waals surface area (Å²) in [4.78, 5) is 16.0. The number of hydrogen-bond acceptors (Lipinski definition) is 3. The lowest BCUT2D eigenvalue weighted by atomic mass is 10.2. The van der Waals surface area contributed by atoms with E-state index in [2.05, 4.69) is 41.5 Å². The molecule has 1 heterocycles. The van der Waals surface area contributed by atoms with Crippen LogP contribution in [0.25, 0.3) is 5.69 Å². The van der Waals surface area contributed by atoms with Crippen LogP contribution in [0.4, 0.5) is 5.69 Å². The van der Waals surface area contributed by atoms with Crippen LogP contribution < -0.4 is 5.32 Å². The van der Waals surface area contributed by atoms with E-state index in [-0.39, 0.29) is 5.91 Å². The summed E-state index contributed by atoms with van der Waals surface area (Å²) in [5.74, 6) is 1.30. The van der Waals surface area contributed by atoms with Crippen LogP contribution in [0, 0.1) is 6.92 Å². The third-order valence-electron chi connectivity index (χ3n) is 3.58. The lowest BCUT2D eigenvalue weighted by Crippen LogP contribution is -2.14. The lowest BCUT2D eigenvalue weighted by Gasteiger charge is -2.07. The zero-order valence-corrected chi connectivity index (χ0v) is 14.3. The fourth-order valence-corrected chi connectivity index (χ4v) is 3.06. The van der Waals surface area contributed by atoms with Gasteiger partial charge in [0.1, 0.15) is 0 Å². The van der Waals surface area contributed by atoms with E-state index in [1.54, 1.807) is 24.3 Å². The maximum absolute atomic E-state index is 12.0. The number of benzene rings is 2. The number of nitrogens with one attached hydrogen (secondary N) is 1. The highest BCUT2D eigenvalue weighted by atomic mass is 32.2. The minimum atomic E-state index is 0.0162. The summed E-state index contributed by atoms with van der Waals surface area (Å²) >= 11 is 1.62. The summed E-state index contributed by atoms with van der Waals surface area (Å²) in [7, 11) is 0. The van der Waals surface area contributed by atoms with E-state index in [1.165, 1.54) is 11.1 Å². The van der Waals surface area contributed by atoms with Gasteiger partial charge in [0.15, 0.2) is 0 Å². The SMILES string of the molecule is Cc1ccc(CSCC(=O)Nc2ccc(-n3ccnc3)cc2)cc1. The molecule has 0 radical (unpaired) electrons. The van der Waals surface area contributed by atoms with E-state index in [9.17, 15) is 4.79 Å². The Labute approximate surface area is 145 Å². The summed E-state index contributed by atoms with van der Waals surface area (Å²) in [5, 5.41) is 2.93. The van der Waals surface area contributed by atoms with Gasteiger partial charge in [0, 0.05) is 29.5 Å². The molecule has 0 fully saturated rings. The molecule has 0 bridgehead atoms. The molecule has 0 saturated heterocycles. The van der Waals surface area contributed by atoms with Crippen molar-refractivity contribution in [3.05, 3.63) is 78.4 Å². The Morgan fingerprint density at radius 1 is 1.12 bits per heavy atom. The Bertz CT molecular complexity index is 780. The molecule has 0 atom stereocenters. The van der Waals surface area contributed by atoms with Gasteiger partial charge in [-0.2, -0.15) is 0 Å². The van der Waals surface area contributed by atoms with Crippen LogP contribution in [0.3, 0.4) is 0 Å². The standard InChI is InChI=1S/C19H19N3OS/c1-15-2-4-16(5-3-15)12-24-13-19(23)21-17-6-8-18(9-7-17)22-11-10-20-14-22/h2-11,14H,12-13H2,1H3,(H,21,23). The number of imidazole rings is 1. The Morgan fingerprint density at radius 2 is 1.88 bits per heavy atom. The van der Waals surface area contributed by atoms with Gasteiger partial charge in [-0.1, -0.05) is 29.8 Å². The number of hydrogen-bond donors (Lipinski definition) is 1. The average molecular weight is 337 g/mol. The summed E-state index contributed by atoms with van der Waals surface area (Å²) in [6, 6.07) is 16.1. The molecule has 0 aliphatic heterocycles. The first kappa shape index (κ1) is 16.3. The third kappa shape index (κ3) is 4.49. The van der Waals surface area contributed by atoms with Crippen LogP contribution in [-0.4, -0.2) is 21.2 Å². The summed E-state index contributed by atoms with van der Waals surface area (Å²) in [6.07, 6.45) is 5.37. The van der Waals surface area contributed by atoms with Crippen LogP contribution in [0.2, 0.25) is 0 Å². The second-order valence-corrected chi connectivity index (χ2v) is 6.53. The Kier molecular flexibility index (Phi) is 5.33. The van der Waals surface area contributed by atoms with Crippen molar-refractivity contribution in [1.82, 2.24) is 9.55 Å². The highest BCUT2D eigenvalue weighted by Gasteiger charge is 2.04. The molecule has 1 N–H and O–H groups in total. The molecule has 3 aromatic rings. The monoisotopic (exact) mass is 337 g/mol. The van der Waals surface area contributed by atoms with Crippen LogP contribution in [0.5, 0.6) is 0 Å². The summed E-state index contributed by atoms with van der Waals surface area (Å²) < 4.78 is 1.92. The number of amides is 1. The highest BCUT2D eigenvalue weighted by molar-refractivity contribution is 7.99. The number of nitrogens with zero attached hydrogens (tertiary/aromatic N) is 2. The van der Waals surface area contributed by atoms with E-state index in [1.807, 2.05) is 35.0 Å². The maximum Gasteiger partial charge on any atom is 0.234 e. The second kappa shape index (κ2) is 7.84. The first-order valence-corrected chi connectivity index (χ1v) is 8.88. The van der Waals surface area contributed by atoms with Crippen molar-refractivity contribution in [3.8, 4) is 5.69 Å². The molecule has 122 valence electrons. The molecule has 1 aromatic heterocycles. The minimum absolute atomic E-state index is 0.0162. The van der Waals surface area contributed by atoms with Crippen molar-refractivity contribution in [2.24, 2.45) is 0 Å². The summed E-state index contributed by atoms with van der Waals surface area (Å²) in [5.41, 5.74) is 4.31. The molecule has 5 heteroatoms. The van der Waals surface area contributed by atoms with Crippen LogP contribution >= 0.6 is 11.8 Å². The number of carbonyl (C=O) groups excluding carboxylic acids is 1. The molecule has 0 aliphatic carbocycles. The van der Waals surface area contributed by atoms with Gasteiger partial charge in [-0.25, -0.2) is 4.98 Å². The van der Waals surface area contributed by atoms with E-state index >= 15 is 0 Å². The number of aryl methyl sites for hydroxylation is 1. The van der Waals surface area contributed by atoms with Crippen molar-refractivity contribution in [1.29, 1.82) is 0 Å². The molecule has 24 heavy (non-hydrogen) atoms. The maximum atomic E-state index is 12.0. The molecular weight excluding hydrogens is 318 g/mol. The van der Waals surface area contributed by atoms with Crippen molar-refractivity contribution in [3.63, 3.8) is 0 Å². The largest absolute Gasteiger partial charge is 0.325 e. The van der Waals surface area contributed by atoms with E-state index in [0.717, 1.165) is 17.1 Å². The van der Waals surface area contributed by atoms with E-state index in [4.69, 9.17) is 0 Å². The van der Waals surface area contributed by atoms with Gasteiger partial charge in [-0.15, -0.1) is 11.8 Å². The van der Waals surface area contributed by atoms with E-state index < -0.39 is 0 Å². The number of anilines is 1. The van der Waals surface area contributed by atoms with Gasteiger partial charge in [0.25, 0.3) is 0 Å². The van der Waals surface area contributed by atoms with Crippen molar-refractivity contribution >= 4 is 23.4 Å². The van der Waals surface area contributed by atoms with Gasteiger partial charge in [0.05, 0.1) is 12.1 Å². The third-order valence-corrected chi connectivity index (χ3v) is 4.58. The predicted octanol–water partition coefficient (Wildman–Crippen LogP) is 4.05. The number of carbonyl (C=O) groups is 1. The van der Waals surface area contributed by atoms with Gasteiger partial charge in [-0.3, -0.25) is 4.79 Å². The molecular formula is C19H19N3OS. The second-order valence-electron chi connectivity index (χ2n) is 5.54. The molecule has 3 rings (SSSR count). The number of thioether (sulfide) groups is 1. The highest BCUT2D eigenvalue weighted by Crippen LogP contribution is 2.15. The predicted molar refractivity (Wildman–Crippen MR) is 99.5 cm³/mol. The first-order chi connectivity index (χ1) is 11.7. The molecule has 1 amide bonds. The van der Waals surface area contributed by atoms with Crippen LogP contribution in [-0.2, 0) is 10.5 Å². The quantitative estimate of drug-likeness (QED) is 0.738. The van der Waals surface area contributed by atoms with Gasteiger partial charge >= 0.3 is 0 Å². The molecule has 4 nitrogen and oxygen atoms in total. The van der Waals surface area contributed by atoms with E-state index in [0.29, 0.717) is 5.75 Å². The fraction of sp³-hybridized carbons (Fsp3) is 0.158. The van der Waals surface area contributed by atoms with Crippen molar-refractivity contribution in [2.75, 3.05) is 11.1 Å². The fourth-order valence-electron chi connectivity index (χ4n) is 2.27. The smallest absolute Gasteiger partial charge is 0.234 e. The van der Waals surface area contributed by atoms with Gasteiger partial charge in [0.2, 0.25) is 5.91 Å². The topological polar surface area (TPSA) is 46.9 Å². The normalized spacial score (nSPS) is 10.5. The number of rotatable bonds is 6. The molecule has 0 unspecified atom stereocenters. The lowest BCUT2D eigenvalue weighted by molar-refractivity contribution is -0.113. The van der Waals surface area contributed by atoms with Crippen LogP contribution in [0.15, 0.2) is 67.3 Å². The van der Waals surface area contributed by atoms with Gasteiger partial charge < -0.3 is 9.88 Å². The Hall–Kier alpha value is -2.53. The first-order valence-electron chi connectivity index (χ1n) is 7.72. The molecule has 0 aliphatic rings. The zero-order valence-electron chi connectivity index (χ0n) is 13.5. The zero-order chi connectivity index (χ0) is 16.8. The Balaban J connectivity index is 1.47. The number of aromatic nitrogens is 2. The van der Waals surface area contributed by atoms with Crippen molar-refractivity contribution in [2.45, 2.75) is 12.7 Å². The van der Waals surface area contributed by atoms with Gasteiger partial charge in [-0.05, 0) is 36.8 Å². The van der Waals surface area contributed by atoms with Crippen molar-refractivity contribution < 1.29 is 4.79 Å². The molecule has 0 spiro atoms.